The quantitative estimate of drug-likeness (QED) is 0.416. The summed E-state index contributed by atoms with van der Waals surface area (Å²) >= 11 is 0. The molecule has 6 nitrogen and oxygen atoms in total. The highest BCUT2D eigenvalue weighted by molar-refractivity contribution is 5.97. The Bertz CT molecular complexity index is 1430. The molecule has 0 atom stereocenters. The van der Waals surface area contributed by atoms with Crippen molar-refractivity contribution in [2.24, 2.45) is 0 Å². The van der Waals surface area contributed by atoms with Gasteiger partial charge in [0, 0.05) is 37.3 Å². The summed E-state index contributed by atoms with van der Waals surface area (Å²) in [6, 6.07) is 17.7. The van der Waals surface area contributed by atoms with Gasteiger partial charge in [-0.1, -0.05) is 44.2 Å². The lowest BCUT2D eigenvalue weighted by Gasteiger charge is -2.36. The number of hydrogen-bond donors (Lipinski definition) is 0. The van der Waals surface area contributed by atoms with E-state index in [1.807, 2.05) is 18.7 Å². The van der Waals surface area contributed by atoms with E-state index in [4.69, 9.17) is 0 Å². The molecule has 2 heterocycles. The number of rotatable bonds is 4. The lowest BCUT2D eigenvalue weighted by Crippen LogP contribution is -2.49. The van der Waals surface area contributed by atoms with E-state index in [1.165, 1.54) is 23.0 Å². The average Bonchev–Trinajstić information content (AvgIpc) is 2.92. The first-order valence-electron chi connectivity index (χ1n) is 12.0. The summed E-state index contributed by atoms with van der Waals surface area (Å²) in [7, 11) is 0. The fourth-order valence-corrected chi connectivity index (χ4v) is 4.26. The summed E-state index contributed by atoms with van der Waals surface area (Å²) in [5.41, 5.74) is 1.48. The number of amides is 1. The summed E-state index contributed by atoms with van der Waals surface area (Å²) in [6.07, 6.45) is 1.37. The van der Waals surface area contributed by atoms with E-state index < -0.39 is 0 Å². The van der Waals surface area contributed by atoms with Gasteiger partial charge in [0.05, 0.1) is 29.5 Å². The second-order valence-electron chi connectivity index (χ2n) is 8.23. The first kappa shape index (κ1) is 25.0. The molecule has 8 heteroatoms. The van der Waals surface area contributed by atoms with E-state index >= 15 is 0 Å². The minimum Gasteiger partial charge on any atom is -0.366 e. The molecule has 0 N–H and O–H groups in total. The Morgan fingerprint density at radius 1 is 0.889 bits per heavy atom. The van der Waals surface area contributed by atoms with Crippen molar-refractivity contribution in [3.8, 4) is 0 Å². The van der Waals surface area contributed by atoms with E-state index in [0.717, 1.165) is 0 Å². The molecule has 1 aromatic heterocycles. The van der Waals surface area contributed by atoms with Crippen LogP contribution >= 0.6 is 0 Å². The molecule has 186 valence electrons. The Kier molecular flexibility index (Phi) is 7.73. The summed E-state index contributed by atoms with van der Waals surface area (Å²) in [5, 5.41) is 0.361. The molecule has 0 unspecified atom stereocenters. The number of fused-ring (bicyclic) bond motifs is 1. The zero-order valence-electron chi connectivity index (χ0n) is 20.3. The van der Waals surface area contributed by atoms with Crippen LogP contribution in [0.25, 0.3) is 10.9 Å². The molecule has 5 rings (SSSR count). The summed E-state index contributed by atoms with van der Waals surface area (Å²) in [6.45, 7) is 6.05. The fourth-order valence-electron chi connectivity index (χ4n) is 4.26. The number of aromatic nitrogens is 2. The Morgan fingerprint density at radius 2 is 1.56 bits per heavy atom. The molecule has 0 bridgehead atoms. The van der Waals surface area contributed by atoms with Crippen molar-refractivity contribution < 1.29 is 13.6 Å². The Hall–Kier alpha value is -4.07. The SMILES string of the molecule is CC.O=C(c1ccc2c(=O)n(Cc3ccccc3F)cnc2c1)N1CCN(c2ccccc2F)CC1. The van der Waals surface area contributed by atoms with E-state index in [9.17, 15) is 18.4 Å². The van der Waals surface area contributed by atoms with Gasteiger partial charge in [-0.2, -0.15) is 0 Å². The number of hydrogen-bond acceptors (Lipinski definition) is 4. The van der Waals surface area contributed by atoms with Crippen LogP contribution in [0.4, 0.5) is 14.5 Å². The van der Waals surface area contributed by atoms with Crippen LogP contribution in [0, 0.1) is 11.6 Å². The molecule has 3 aromatic carbocycles. The van der Waals surface area contributed by atoms with Crippen LogP contribution in [0.15, 0.2) is 77.9 Å². The van der Waals surface area contributed by atoms with E-state index in [1.54, 1.807) is 59.5 Å². The van der Waals surface area contributed by atoms with E-state index in [2.05, 4.69) is 4.98 Å². The van der Waals surface area contributed by atoms with Gasteiger partial charge in [-0.25, -0.2) is 13.8 Å². The number of nitrogens with zero attached hydrogens (tertiary/aromatic N) is 4. The maximum Gasteiger partial charge on any atom is 0.261 e. The third-order valence-electron chi connectivity index (χ3n) is 6.13. The largest absolute Gasteiger partial charge is 0.366 e. The second-order valence-corrected chi connectivity index (χ2v) is 8.23. The van der Waals surface area contributed by atoms with Crippen LogP contribution in [0.3, 0.4) is 0 Å². The predicted octanol–water partition coefficient (Wildman–Crippen LogP) is 4.71. The molecule has 1 saturated heterocycles. The van der Waals surface area contributed by atoms with Crippen LogP contribution < -0.4 is 10.5 Å². The summed E-state index contributed by atoms with van der Waals surface area (Å²) < 4.78 is 29.4. The fraction of sp³-hybridized carbons (Fsp3) is 0.250. The van der Waals surface area contributed by atoms with E-state index in [-0.39, 0.29) is 29.6 Å². The molecule has 0 spiro atoms. The van der Waals surface area contributed by atoms with Crippen LogP contribution in [-0.4, -0.2) is 46.5 Å². The minimum atomic E-state index is -0.384. The topological polar surface area (TPSA) is 58.4 Å². The van der Waals surface area contributed by atoms with Crippen molar-refractivity contribution in [1.29, 1.82) is 0 Å². The molecule has 1 fully saturated rings. The van der Waals surface area contributed by atoms with Gasteiger partial charge in [0.2, 0.25) is 0 Å². The number of para-hydroxylation sites is 1. The number of benzene rings is 3. The maximum atomic E-state index is 14.1. The van der Waals surface area contributed by atoms with Crippen LogP contribution in [-0.2, 0) is 6.54 Å². The summed E-state index contributed by atoms with van der Waals surface area (Å²) in [4.78, 5) is 33.9. The average molecular weight is 491 g/mol. The Labute approximate surface area is 208 Å². The van der Waals surface area contributed by atoms with Crippen molar-refractivity contribution in [3.63, 3.8) is 0 Å². The number of carbonyl (C=O) groups is 1. The van der Waals surface area contributed by atoms with Crippen molar-refractivity contribution in [3.05, 3.63) is 106 Å². The highest BCUT2D eigenvalue weighted by Gasteiger charge is 2.24. The Balaban J connectivity index is 0.00000148. The van der Waals surface area contributed by atoms with Crippen LogP contribution in [0.1, 0.15) is 29.8 Å². The lowest BCUT2D eigenvalue weighted by atomic mass is 10.1. The van der Waals surface area contributed by atoms with Crippen molar-refractivity contribution >= 4 is 22.5 Å². The van der Waals surface area contributed by atoms with Crippen molar-refractivity contribution in [2.45, 2.75) is 20.4 Å². The minimum absolute atomic E-state index is 0.0708. The monoisotopic (exact) mass is 490 g/mol. The van der Waals surface area contributed by atoms with Crippen LogP contribution in [0.5, 0.6) is 0 Å². The third kappa shape index (κ3) is 5.12. The zero-order chi connectivity index (χ0) is 25.7. The molecule has 1 amide bonds. The van der Waals surface area contributed by atoms with Gasteiger partial charge in [0.1, 0.15) is 11.6 Å². The highest BCUT2D eigenvalue weighted by atomic mass is 19.1. The molecule has 36 heavy (non-hydrogen) atoms. The number of carbonyl (C=O) groups excluding carboxylic acids is 1. The molecule has 4 aromatic rings. The molecular weight excluding hydrogens is 462 g/mol. The number of halogens is 2. The molecule has 0 radical (unpaired) electrons. The molecule has 0 saturated carbocycles. The summed E-state index contributed by atoms with van der Waals surface area (Å²) in [5.74, 6) is -0.818. The molecule has 0 aliphatic carbocycles. The standard InChI is InChI=1S/C26H22F2N4O2.C2H6/c27-21-6-2-1-5-19(21)16-32-17-29-23-15-18(9-10-20(23)26(32)34)25(33)31-13-11-30(12-14-31)24-8-4-3-7-22(24)28;1-2/h1-10,15,17H,11-14,16H2;1-2H3. The lowest BCUT2D eigenvalue weighted by molar-refractivity contribution is 0.0747. The van der Waals surface area contributed by atoms with Crippen LogP contribution in [0.2, 0.25) is 0 Å². The second kappa shape index (κ2) is 11.1. The molecule has 1 aliphatic rings. The van der Waals surface area contributed by atoms with Crippen molar-refractivity contribution in [2.75, 3.05) is 31.1 Å². The van der Waals surface area contributed by atoms with Gasteiger partial charge in [-0.3, -0.25) is 14.2 Å². The third-order valence-corrected chi connectivity index (χ3v) is 6.13. The normalized spacial score (nSPS) is 13.3. The highest BCUT2D eigenvalue weighted by Crippen LogP contribution is 2.21. The first-order chi connectivity index (χ1) is 17.5. The Morgan fingerprint density at radius 3 is 2.25 bits per heavy atom. The van der Waals surface area contributed by atoms with Gasteiger partial charge in [0.15, 0.2) is 0 Å². The first-order valence-corrected chi connectivity index (χ1v) is 12.0. The van der Waals surface area contributed by atoms with Gasteiger partial charge in [-0.15, -0.1) is 0 Å². The van der Waals surface area contributed by atoms with Gasteiger partial charge >= 0.3 is 0 Å². The smallest absolute Gasteiger partial charge is 0.261 e. The van der Waals surface area contributed by atoms with Crippen molar-refractivity contribution in [1.82, 2.24) is 14.5 Å². The molecular formula is C28H28F2N4O2. The van der Waals surface area contributed by atoms with Gasteiger partial charge in [0.25, 0.3) is 11.5 Å². The predicted molar refractivity (Wildman–Crippen MR) is 137 cm³/mol. The molecule has 1 aliphatic heterocycles. The number of anilines is 1. The number of piperazine rings is 1. The maximum absolute atomic E-state index is 14.1. The van der Waals surface area contributed by atoms with Gasteiger partial charge in [-0.05, 0) is 36.4 Å². The van der Waals surface area contributed by atoms with Gasteiger partial charge < -0.3 is 9.80 Å². The van der Waals surface area contributed by atoms with E-state index in [0.29, 0.717) is 53.9 Å². The zero-order valence-corrected chi connectivity index (χ0v) is 20.3.